The SMILES string of the molecule is Cc1nn(C)c(C)c1Cc1ccc(N)cc1. The molecule has 84 valence electrons. The second kappa shape index (κ2) is 4.00. The molecule has 0 aliphatic rings. The number of nitrogens with zero attached hydrogens (tertiary/aromatic N) is 2. The van der Waals surface area contributed by atoms with Gasteiger partial charge in [-0.25, -0.2) is 0 Å². The zero-order chi connectivity index (χ0) is 11.7. The van der Waals surface area contributed by atoms with Gasteiger partial charge in [-0.1, -0.05) is 12.1 Å². The van der Waals surface area contributed by atoms with Crippen molar-refractivity contribution in [2.24, 2.45) is 7.05 Å². The van der Waals surface area contributed by atoms with E-state index in [9.17, 15) is 0 Å². The van der Waals surface area contributed by atoms with Crippen molar-refractivity contribution < 1.29 is 0 Å². The highest BCUT2D eigenvalue weighted by molar-refractivity contribution is 5.41. The van der Waals surface area contributed by atoms with Gasteiger partial charge in [0, 0.05) is 30.4 Å². The Labute approximate surface area is 95.9 Å². The molecule has 0 atom stereocenters. The fraction of sp³-hybridized carbons (Fsp3) is 0.308. The van der Waals surface area contributed by atoms with E-state index in [0.717, 1.165) is 17.8 Å². The van der Waals surface area contributed by atoms with Crippen molar-refractivity contribution in [2.45, 2.75) is 20.3 Å². The van der Waals surface area contributed by atoms with Crippen LogP contribution >= 0.6 is 0 Å². The van der Waals surface area contributed by atoms with Crippen LogP contribution in [-0.4, -0.2) is 9.78 Å². The maximum absolute atomic E-state index is 5.67. The molecule has 0 bridgehead atoms. The Bertz CT molecular complexity index is 495. The van der Waals surface area contributed by atoms with Gasteiger partial charge in [0.25, 0.3) is 0 Å². The van der Waals surface area contributed by atoms with Crippen molar-refractivity contribution in [3.05, 3.63) is 46.8 Å². The molecule has 0 saturated heterocycles. The number of aryl methyl sites for hydroxylation is 2. The van der Waals surface area contributed by atoms with E-state index in [4.69, 9.17) is 5.73 Å². The predicted octanol–water partition coefficient (Wildman–Crippen LogP) is 2.21. The summed E-state index contributed by atoms with van der Waals surface area (Å²) in [5.74, 6) is 0. The van der Waals surface area contributed by atoms with Crippen molar-refractivity contribution in [1.29, 1.82) is 0 Å². The van der Waals surface area contributed by atoms with Crippen LogP contribution in [0.4, 0.5) is 5.69 Å². The molecule has 1 aromatic heterocycles. The van der Waals surface area contributed by atoms with Gasteiger partial charge < -0.3 is 5.73 Å². The third kappa shape index (κ3) is 1.94. The van der Waals surface area contributed by atoms with Gasteiger partial charge in [0.1, 0.15) is 0 Å². The molecule has 1 heterocycles. The van der Waals surface area contributed by atoms with Crippen molar-refractivity contribution in [3.63, 3.8) is 0 Å². The number of hydrogen-bond donors (Lipinski definition) is 1. The lowest BCUT2D eigenvalue weighted by molar-refractivity contribution is 0.730. The average Bonchev–Trinajstić information content (AvgIpc) is 2.48. The fourth-order valence-electron chi connectivity index (χ4n) is 1.91. The third-order valence-electron chi connectivity index (χ3n) is 3.02. The number of benzene rings is 1. The molecule has 2 N–H and O–H groups in total. The molecule has 2 aromatic rings. The lowest BCUT2D eigenvalue weighted by Gasteiger charge is -2.03. The van der Waals surface area contributed by atoms with Crippen LogP contribution in [0.2, 0.25) is 0 Å². The van der Waals surface area contributed by atoms with Gasteiger partial charge in [0.05, 0.1) is 5.69 Å². The van der Waals surface area contributed by atoms with Crippen LogP contribution in [-0.2, 0) is 13.5 Å². The van der Waals surface area contributed by atoms with Gasteiger partial charge in [-0.3, -0.25) is 4.68 Å². The molecule has 16 heavy (non-hydrogen) atoms. The highest BCUT2D eigenvalue weighted by Gasteiger charge is 2.09. The van der Waals surface area contributed by atoms with Gasteiger partial charge in [-0.2, -0.15) is 5.10 Å². The van der Waals surface area contributed by atoms with E-state index < -0.39 is 0 Å². The van der Waals surface area contributed by atoms with E-state index >= 15 is 0 Å². The molecule has 0 aliphatic carbocycles. The first-order valence-electron chi connectivity index (χ1n) is 5.41. The number of hydrogen-bond acceptors (Lipinski definition) is 2. The van der Waals surface area contributed by atoms with Crippen molar-refractivity contribution in [2.75, 3.05) is 5.73 Å². The van der Waals surface area contributed by atoms with Gasteiger partial charge in [0.15, 0.2) is 0 Å². The summed E-state index contributed by atoms with van der Waals surface area (Å²) in [6.45, 7) is 4.16. The quantitative estimate of drug-likeness (QED) is 0.780. The Kier molecular flexibility index (Phi) is 2.69. The number of nitrogen functional groups attached to an aromatic ring is 1. The van der Waals surface area contributed by atoms with Gasteiger partial charge in [-0.05, 0) is 31.5 Å². The Morgan fingerprint density at radius 1 is 1.19 bits per heavy atom. The highest BCUT2D eigenvalue weighted by atomic mass is 15.3. The minimum Gasteiger partial charge on any atom is -0.399 e. The highest BCUT2D eigenvalue weighted by Crippen LogP contribution is 2.17. The van der Waals surface area contributed by atoms with Crippen LogP contribution in [0.3, 0.4) is 0 Å². The predicted molar refractivity (Wildman–Crippen MR) is 66.3 cm³/mol. The lowest BCUT2D eigenvalue weighted by atomic mass is 10.0. The third-order valence-corrected chi connectivity index (χ3v) is 3.02. The maximum Gasteiger partial charge on any atom is 0.0631 e. The number of rotatable bonds is 2. The van der Waals surface area contributed by atoms with E-state index in [-0.39, 0.29) is 0 Å². The summed E-state index contributed by atoms with van der Waals surface area (Å²) in [6, 6.07) is 8.02. The van der Waals surface area contributed by atoms with Crippen LogP contribution in [0.15, 0.2) is 24.3 Å². The molecule has 0 amide bonds. The summed E-state index contributed by atoms with van der Waals surface area (Å²) in [5.41, 5.74) is 11.4. The van der Waals surface area contributed by atoms with Gasteiger partial charge in [-0.15, -0.1) is 0 Å². The Balaban J connectivity index is 2.30. The second-order valence-electron chi connectivity index (χ2n) is 4.19. The summed E-state index contributed by atoms with van der Waals surface area (Å²) in [6.07, 6.45) is 0.922. The monoisotopic (exact) mass is 215 g/mol. The lowest BCUT2D eigenvalue weighted by Crippen LogP contribution is -1.95. The van der Waals surface area contributed by atoms with Crippen molar-refractivity contribution >= 4 is 5.69 Å². The van der Waals surface area contributed by atoms with E-state index in [1.54, 1.807) is 0 Å². The molecular weight excluding hydrogens is 198 g/mol. The molecule has 3 heteroatoms. The minimum absolute atomic E-state index is 0.809. The number of anilines is 1. The normalized spacial score (nSPS) is 10.7. The summed E-state index contributed by atoms with van der Waals surface area (Å²) >= 11 is 0. The molecule has 1 aromatic carbocycles. The van der Waals surface area contributed by atoms with E-state index in [1.165, 1.54) is 16.8 Å². The fourth-order valence-corrected chi connectivity index (χ4v) is 1.91. The summed E-state index contributed by atoms with van der Waals surface area (Å²) in [5, 5.41) is 4.42. The first-order valence-corrected chi connectivity index (χ1v) is 5.41. The average molecular weight is 215 g/mol. The zero-order valence-corrected chi connectivity index (χ0v) is 9.99. The molecule has 0 fully saturated rings. The first-order chi connectivity index (χ1) is 7.58. The maximum atomic E-state index is 5.67. The molecule has 3 nitrogen and oxygen atoms in total. The molecule has 0 unspecified atom stereocenters. The molecule has 2 rings (SSSR count). The number of nitrogens with two attached hydrogens (primary N) is 1. The van der Waals surface area contributed by atoms with Crippen LogP contribution in [0, 0.1) is 13.8 Å². The van der Waals surface area contributed by atoms with Gasteiger partial charge >= 0.3 is 0 Å². The van der Waals surface area contributed by atoms with Crippen molar-refractivity contribution in [3.8, 4) is 0 Å². The number of aromatic nitrogens is 2. The van der Waals surface area contributed by atoms with Crippen LogP contribution < -0.4 is 5.73 Å². The molecule has 0 radical (unpaired) electrons. The van der Waals surface area contributed by atoms with Gasteiger partial charge in [0.2, 0.25) is 0 Å². The summed E-state index contributed by atoms with van der Waals surface area (Å²) < 4.78 is 1.93. The van der Waals surface area contributed by atoms with E-state index in [0.29, 0.717) is 0 Å². The second-order valence-corrected chi connectivity index (χ2v) is 4.19. The van der Waals surface area contributed by atoms with Crippen LogP contribution in [0.5, 0.6) is 0 Å². The first kappa shape index (κ1) is 10.7. The Morgan fingerprint density at radius 3 is 2.31 bits per heavy atom. The summed E-state index contributed by atoms with van der Waals surface area (Å²) in [7, 11) is 1.98. The topological polar surface area (TPSA) is 43.8 Å². The van der Waals surface area contributed by atoms with Crippen molar-refractivity contribution in [1.82, 2.24) is 9.78 Å². The Hall–Kier alpha value is -1.77. The zero-order valence-electron chi connectivity index (χ0n) is 9.99. The largest absolute Gasteiger partial charge is 0.399 e. The molecule has 0 aliphatic heterocycles. The standard InChI is InChI=1S/C13H17N3/c1-9-13(10(2)16(3)15-9)8-11-4-6-12(14)7-5-11/h4-7H,8,14H2,1-3H3. The van der Waals surface area contributed by atoms with E-state index in [1.807, 2.05) is 23.9 Å². The summed E-state index contributed by atoms with van der Waals surface area (Å²) in [4.78, 5) is 0. The van der Waals surface area contributed by atoms with E-state index in [2.05, 4.69) is 31.1 Å². The molecule has 0 saturated carbocycles. The molecular formula is C13H17N3. The molecule has 0 spiro atoms. The Morgan fingerprint density at radius 2 is 1.81 bits per heavy atom. The smallest absolute Gasteiger partial charge is 0.0631 e. The van der Waals surface area contributed by atoms with Crippen LogP contribution in [0.25, 0.3) is 0 Å². The minimum atomic E-state index is 0.809. The van der Waals surface area contributed by atoms with Crippen LogP contribution in [0.1, 0.15) is 22.5 Å².